The van der Waals surface area contributed by atoms with Crippen LogP contribution in [0.5, 0.6) is 5.75 Å². The number of thiophene rings is 1. The molecule has 5 heteroatoms. The van der Waals surface area contributed by atoms with E-state index < -0.39 is 0 Å². The van der Waals surface area contributed by atoms with Crippen LogP contribution in [-0.2, 0) is 6.54 Å². The molecule has 1 aromatic heterocycles. The molecule has 0 radical (unpaired) electrons. The Morgan fingerprint density at radius 1 is 1.29 bits per heavy atom. The molecule has 0 atom stereocenters. The molecule has 17 heavy (non-hydrogen) atoms. The van der Waals surface area contributed by atoms with Gasteiger partial charge in [-0.3, -0.25) is 0 Å². The predicted octanol–water partition coefficient (Wildman–Crippen LogP) is 4.90. The Kier molecular flexibility index (Phi) is 4.12. The highest BCUT2D eigenvalue weighted by Gasteiger charge is 2.04. The number of anilines is 1. The first kappa shape index (κ1) is 12.9. The minimum Gasteiger partial charge on any atom is -0.508 e. The smallest absolute Gasteiger partial charge is 0.120 e. The summed E-state index contributed by atoms with van der Waals surface area (Å²) in [6, 6.07) is 7.69. The van der Waals surface area contributed by atoms with Gasteiger partial charge in [-0.05, 0) is 56.5 Å². The summed E-state index contributed by atoms with van der Waals surface area (Å²) in [5.41, 5.74) is 1.81. The molecule has 0 aliphatic heterocycles. The fourth-order valence-corrected chi connectivity index (χ4v) is 3.50. The standard InChI is InChI=1S/C12H11Br2NOS/c1-7-2-3-8(4-11(7)16)15-6-9-5-10(13)12(14)17-9/h2-5,15-16H,6H2,1H3. The number of benzene rings is 1. The van der Waals surface area contributed by atoms with Crippen LogP contribution in [-0.4, -0.2) is 5.11 Å². The average Bonchev–Trinajstić information content (AvgIpc) is 2.60. The summed E-state index contributed by atoms with van der Waals surface area (Å²) in [7, 11) is 0. The summed E-state index contributed by atoms with van der Waals surface area (Å²) in [4.78, 5) is 1.23. The van der Waals surface area contributed by atoms with Crippen molar-refractivity contribution in [3.05, 3.63) is 43.0 Å². The molecule has 2 aromatic rings. The minimum absolute atomic E-state index is 0.323. The van der Waals surface area contributed by atoms with Crippen LogP contribution in [0.2, 0.25) is 0 Å². The zero-order chi connectivity index (χ0) is 12.4. The highest BCUT2D eigenvalue weighted by Crippen LogP contribution is 2.32. The first-order valence-electron chi connectivity index (χ1n) is 5.03. The molecule has 0 aliphatic rings. The number of phenolic OH excluding ortho intramolecular Hbond substituents is 1. The largest absolute Gasteiger partial charge is 0.508 e. The first-order valence-corrected chi connectivity index (χ1v) is 7.43. The summed E-state index contributed by atoms with van der Waals surface area (Å²) in [6.07, 6.45) is 0. The summed E-state index contributed by atoms with van der Waals surface area (Å²) in [6.45, 7) is 2.63. The first-order chi connectivity index (χ1) is 8.06. The topological polar surface area (TPSA) is 32.3 Å². The summed E-state index contributed by atoms with van der Waals surface area (Å²) < 4.78 is 2.17. The Morgan fingerprint density at radius 3 is 2.65 bits per heavy atom. The lowest BCUT2D eigenvalue weighted by atomic mass is 10.2. The Hall–Kier alpha value is -0.520. The number of phenols is 1. The molecule has 0 unspecified atom stereocenters. The SMILES string of the molecule is Cc1ccc(NCc2cc(Br)c(Br)s2)cc1O. The van der Waals surface area contributed by atoms with Gasteiger partial charge in [0.05, 0.1) is 3.79 Å². The minimum atomic E-state index is 0.323. The molecule has 0 bridgehead atoms. The van der Waals surface area contributed by atoms with Crippen molar-refractivity contribution >= 4 is 48.9 Å². The Morgan fingerprint density at radius 2 is 2.06 bits per heavy atom. The van der Waals surface area contributed by atoms with Crippen molar-refractivity contribution in [2.24, 2.45) is 0 Å². The second-order valence-corrected chi connectivity index (χ2v) is 7.00. The van der Waals surface area contributed by atoms with Gasteiger partial charge in [-0.1, -0.05) is 6.07 Å². The molecule has 0 aliphatic carbocycles. The quantitative estimate of drug-likeness (QED) is 0.798. The van der Waals surface area contributed by atoms with Gasteiger partial charge < -0.3 is 10.4 Å². The van der Waals surface area contributed by atoms with Crippen molar-refractivity contribution in [3.8, 4) is 5.75 Å². The van der Waals surface area contributed by atoms with E-state index in [0.29, 0.717) is 5.75 Å². The van der Waals surface area contributed by atoms with Gasteiger partial charge in [0, 0.05) is 27.6 Å². The maximum atomic E-state index is 9.59. The number of halogens is 2. The van der Waals surface area contributed by atoms with Crippen molar-refractivity contribution in [2.45, 2.75) is 13.5 Å². The van der Waals surface area contributed by atoms with Crippen LogP contribution in [0.3, 0.4) is 0 Å². The number of nitrogens with one attached hydrogen (secondary N) is 1. The zero-order valence-electron chi connectivity index (χ0n) is 9.13. The van der Waals surface area contributed by atoms with Gasteiger partial charge in [-0.2, -0.15) is 0 Å². The highest BCUT2D eigenvalue weighted by molar-refractivity contribution is 9.13. The van der Waals surface area contributed by atoms with E-state index in [1.165, 1.54) is 4.88 Å². The Bertz CT molecular complexity index is 520. The van der Waals surface area contributed by atoms with E-state index in [1.807, 2.05) is 19.1 Å². The van der Waals surface area contributed by atoms with Crippen molar-refractivity contribution in [2.75, 3.05) is 5.32 Å². The molecule has 0 spiro atoms. The third-order valence-corrected chi connectivity index (χ3v) is 5.63. The van der Waals surface area contributed by atoms with Crippen molar-refractivity contribution in [1.29, 1.82) is 0 Å². The molecule has 1 aromatic carbocycles. The van der Waals surface area contributed by atoms with Gasteiger partial charge in [0.1, 0.15) is 5.75 Å². The lowest BCUT2D eigenvalue weighted by Gasteiger charge is -2.06. The second kappa shape index (κ2) is 5.42. The van der Waals surface area contributed by atoms with Crippen LogP contribution in [0.15, 0.2) is 32.5 Å². The molecule has 0 saturated carbocycles. The van der Waals surface area contributed by atoms with Crippen LogP contribution < -0.4 is 5.32 Å². The van der Waals surface area contributed by atoms with Gasteiger partial charge in [0.25, 0.3) is 0 Å². The van der Waals surface area contributed by atoms with E-state index in [9.17, 15) is 5.11 Å². The summed E-state index contributed by atoms with van der Waals surface area (Å²) in [5.74, 6) is 0.323. The van der Waals surface area contributed by atoms with E-state index in [2.05, 4.69) is 43.2 Å². The zero-order valence-corrected chi connectivity index (χ0v) is 13.1. The van der Waals surface area contributed by atoms with Crippen LogP contribution >= 0.6 is 43.2 Å². The molecule has 0 saturated heterocycles. The lowest BCUT2D eigenvalue weighted by molar-refractivity contribution is 0.471. The van der Waals surface area contributed by atoms with Crippen molar-refractivity contribution in [1.82, 2.24) is 0 Å². The maximum Gasteiger partial charge on any atom is 0.120 e. The van der Waals surface area contributed by atoms with Crippen LogP contribution in [0.4, 0.5) is 5.69 Å². The van der Waals surface area contributed by atoms with Gasteiger partial charge >= 0.3 is 0 Å². The monoisotopic (exact) mass is 375 g/mol. The number of rotatable bonds is 3. The fourth-order valence-electron chi connectivity index (χ4n) is 1.39. The Labute approximate surface area is 121 Å². The normalized spacial score (nSPS) is 10.5. The molecule has 2 N–H and O–H groups in total. The third kappa shape index (κ3) is 3.24. The summed E-state index contributed by atoms with van der Waals surface area (Å²) in [5, 5.41) is 12.9. The average molecular weight is 377 g/mol. The van der Waals surface area contributed by atoms with Crippen LogP contribution in [0, 0.1) is 6.92 Å². The van der Waals surface area contributed by atoms with Gasteiger partial charge in [0.15, 0.2) is 0 Å². The van der Waals surface area contributed by atoms with Crippen molar-refractivity contribution < 1.29 is 5.11 Å². The van der Waals surface area contributed by atoms with Gasteiger partial charge in [-0.25, -0.2) is 0 Å². The number of hydrogen-bond donors (Lipinski definition) is 2. The second-order valence-electron chi connectivity index (χ2n) is 3.69. The van der Waals surface area contributed by atoms with E-state index >= 15 is 0 Å². The highest BCUT2D eigenvalue weighted by atomic mass is 79.9. The van der Waals surface area contributed by atoms with Gasteiger partial charge in [0.2, 0.25) is 0 Å². The molecule has 1 heterocycles. The van der Waals surface area contributed by atoms with E-state index in [-0.39, 0.29) is 0 Å². The summed E-state index contributed by atoms with van der Waals surface area (Å²) >= 11 is 8.61. The van der Waals surface area contributed by atoms with Crippen LogP contribution in [0.25, 0.3) is 0 Å². The number of aromatic hydroxyl groups is 1. The molecule has 0 fully saturated rings. The molecule has 90 valence electrons. The molecular weight excluding hydrogens is 366 g/mol. The van der Waals surface area contributed by atoms with E-state index in [4.69, 9.17) is 0 Å². The molecular formula is C12H11Br2NOS. The maximum absolute atomic E-state index is 9.59. The molecule has 0 amide bonds. The van der Waals surface area contributed by atoms with Gasteiger partial charge in [-0.15, -0.1) is 11.3 Å². The van der Waals surface area contributed by atoms with E-state index in [1.54, 1.807) is 17.4 Å². The third-order valence-electron chi connectivity index (χ3n) is 2.37. The van der Waals surface area contributed by atoms with Crippen molar-refractivity contribution in [3.63, 3.8) is 0 Å². The predicted molar refractivity (Wildman–Crippen MR) is 79.9 cm³/mol. The molecule has 2 nitrogen and oxygen atoms in total. The number of aryl methyl sites for hydroxylation is 1. The Balaban J connectivity index is 2.04. The fraction of sp³-hybridized carbons (Fsp3) is 0.167. The molecule has 2 rings (SSSR count). The lowest BCUT2D eigenvalue weighted by Crippen LogP contribution is -1.97. The van der Waals surface area contributed by atoms with Crippen LogP contribution in [0.1, 0.15) is 10.4 Å². The van der Waals surface area contributed by atoms with E-state index in [0.717, 1.165) is 26.1 Å². The number of hydrogen-bond acceptors (Lipinski definition) is 3.